The Labute approximate surface area is 135 Å². The van der Waals surface area contributed by atoms with Crippen molar-refractivity contribution in [2.45, 2.75) is 38.1 Å². The van der Waals surface area contributed by atoms with E-state index in [1.54, 1.807) is 6.92 Å². The predicted molar refractivity (Wildman–Crippen MR) is 85.1 cm³/mol. The van der Waals surface area contributed by atoms with Crippen LogP contribution in [-0.2, 0) is 19.2 Å². The summed E-state index contributed by atoms with van der Waals surface area (Å²) in [6, 6.07) is 0. The minimum atomic E-state index is -4.75. The lowest BCUT2D eigenvalue weighted by Gasteiger charge is -2.23. The van der Waals surface area contributed by atoms with E-state index in [-0.39, 0.29) is 18.4 Å². The predicted octanol–water partition coefficient (Wildman–Crippen LogP) is 2.90. The van der Waals surface area contributed by atoms with Gasteiger partial charge in [0.15, 0.2) is 0 Å². The lowest BCUT2D eigenvalue weighted by atomic mass is 9.89. The van der Waals surface area contributed by atoms with Gasteiger partial charge >= 0.3 is 11.5 Å². The highest BCUT2D eigenvalue weighted by atomic mass is 32.2. The third-order valence-electron chi connectivity index (χ3n) is 4.37. The van der Waals surface area contributed by atoms with E-state index in [0.717, 1.165) is 19.3 Å². The molecule has 2 aliphatic rings. The second kappa shape index (κ2) is 7.70. The minimum Gasteiger partial charge on any atom is -0.466 e. The fourth-order valence-corrected chi connectivity index (χ4v) is 3.77. The molecule has 0 aromatic heterocycles. The maximum Gasteiger partial charge on any atom is 0.476 e. The van der Waals surface area contributed by atoms with E-state index in [2.05, 4.69) is 21.9 Å². The van der Waals surface area contributed by atoms with E-state index in [1.807, 2.05) is 0 Å². The molecule has 2 bridgehead atoms. The van der Waals surface area contributed by atoms with Gasteiger partial charge in [-0.1, -0.05) is 13.0 Å². The first kappa shape index (κ1) is 20.0. The Bertz CT molecular complexity index is 543. The Hall–Kier alpha value is -1.02. The van der Waals surface area contributed by atoms with Crippen molar-refractivity contribution in [1.82, 2.24) is 4.72 Å². The third kappa shape index (κ3) is 5.53. The van der Waals surface area contributed by atoms with Gasteiger partial charge in [0.25, 0.3) is 0 Å². The molecule has 0 amide bonds. The SMILES string of the molecule is C=C(C)C(=O)OC.C=S(=O)(NCC1CC2CCC1C2)C(F)(F)F. The van der Waals surface area contributed by atoms with E-state index in [1.165, 1.54) is 13.5 Å². The molecule has 0 saturated heterocycles. The Kier molecular flexibility index (Phi) is 6.70. The number of ether oxygens (including phenoxy) is 1. The van der Waals surface area contributed by atoms with Crippen LogP contribution < -0.4 is 4.72 Å². The highest BCUT2D eigenvalue weighted by Gasteiger charge is 2.43. The molecule has 4 nitrogen and oxygen atoms in total. The number of nitrogens with one attached hydrogen (secondary N) is 1. The van der Waals surface area contributed by atoms with Crippen LogP contribution in [-0.4, -0.2) is 35.2 Å². The monoisotopic (exact) mass is 355 g/mol. The standard InChI is InChI=1S/C10H16F3NOS.C5H8O2/c1-16(15,10(11,12)13)14-6-9-5-7-2-3-8(9)4-7;1-4(2)5(6)7-3/h7-9H,1-6H2,(H,14,15);1H2,2-3H3. The molecule has 0 aromatic carbocycles. The van der Waals surface area contributed by atoms with Crippen molar-refractivity contribution in [3.05, 3.63) is 12.2 Å². The topological polar surface area (TPSA) is 55.4 Å². The van der Waals surface area contributed by atoms with Crippen LogP contribution in [0.5, 0.6) is 0 Å². The third-order valence-corrected chi connectivity index (χ3v) is 5.75. The molecule has 2 rings (SSSR count). The highest BCUT2D eigenvalue weighted by molar-refractivity contribution is 7.99. The van der Waals surface area contributed by atoms with Gasteiger partial charge in [0.05, 0.1) is 7.11 Å². The first-order chi connectivity index (χ1) is 10.5. The first-order valence-electron chi connectivity index (χ1n) is 7.40. The highest BCUT2D eigenvalue weighted by Crippen LogP contribution is 2.48. The van der Waals surface area contributed by atoms with Crippen LogP contribution in [0.3, 0.4) is 0 Å². The van der Waals surface area contributed by atoms with Crippen molar-refractivity contribution in [1.29, 1.82) is 0 Å². The van der Waals surface area contributed by atoms with Crippen molar-refractivity contribution in [2.24, 2.45) is 17.8 Å². The molecule has 0 radical (unpaired) electrons. The molecule has 2 saturated carbocycles. The van der Waals surface area contributed by atoms with E-state index in [0.29, 0.717) is 17.4 Å². The van der Waals surface area contributed by atoms with Gasteiger partial charge < -0.3 is 4.74 Å². The molecule has 4 unspecified atom stereocenters. The van der Waals surface area contributed by atoms with Crippen molar-refractivity contribution in [3.63, 3.8) is 0 Å². The zero-order valence-electron chi connectivity index (χ0n) is 13.4. The number of hydrogen-bond donors (Lipinski definition) is 1. The van der Waals surface area contributed by atoms with Gasteiger partial charge in [0, 0.05) is 12.1 Å². The number of alkyl halides is 3. The largest absolute Gasteiger partial charge is 0.476 e. The maximum atomic E-state index is 12.3. The summed E-state index contributed by atoms with van der Waals surface area (Å²) in [7, 11) is -2.82. The molecule has 2 aliphatic carbocycles. The van der Waals surface area contributed by atoms with Gasteiger partial charge in [-0.05, 0) is 49.8 Å². The number of carbonyl (C=O) groups is 1. The number of carbonyl (C=O) groups excluding carboxylic acids is 1. The summed E-state index contributed by atoms with van der Waals surface area (Å²) >= 11 is 0. The molecule has 0 aliphatic heterocycles. The zero-order chi connectivity index (χ0) is 17.8. The van der Waals surface area contributed by atoms with Crippen LogP contribution in [0.4, 0.5) is 13.2 Å². The smallest absolute Gasteiger partial charge is 0.466 e. The molecule has 0 heterocycles. The molecule has 0 aromatic rings. The van der Waals surface area contributed by atoms with Gasteiger partial charge in [-0.15, -0.1) is 0 Å². The van der Waals surface area contributed by atoms with E-state index < -0.39 is 15.2 Å². The van der Waals surface area contributed by atoms with Crippen molar-refractivity contribution < 1.29 is 26.9 Å². The number of hydrogen-bond acceptors (Lipinski definition) is 3. The van der Waals surface area contributed by atoms with Crippen LogP contribution in [0.2, 0.25) is 0 Å². The molecule has 134 valence electrons. The molecule has 23 heavy (non-hydrogen) atoms. The minimum absolute atomic E-state index is 0.184. The average Bonchev–Trinajstić information content (AvgIpc) is 3.06. The lowest BCUT2D eigenvalue weighted by Crippen LogP contribution is -2.39. The van der Waals surface area contributed by atoms with Crippen molar-refractivity contribution in [2.75, 3.05) is 13.7 Å². The average molecular weight is 355 g/mol. The van der Waals surface area contributed by atoms with E-state index in [4.69, 9.17) is 0 Å². The van der Waals surface area contributed by atoms with Gasteiger partial charge in [-0.25, -0.2) is 13.7 Å². The van der Waals surface area contributed by atoms with Crippen molar-refractivity contribution >= 4 is 21.5 Å². The summed E-state index contributed by atoms with van der Waals surface area (Å²) in [6.45, 7) is 5.14. The Morgan fingerprint density at radius 1 is 1.35 bits per heavy atom. The van der Waals surface area contributed by atoms with Crippen LogP contribution in [0.15, 0.2) is 12.2 Å². The van der Waals surface area contributed by atoms with Gasteiger partial charge in [0.1, 0.15) is 9.71 Å². The number of esters is 1. The molecule has 1 N–H and O–H groups in total. The van der Waals surface area contributed by atoms with Gasteiger partial charge in [-0.3, -0.25) is 0 Å². The van der Waals surface area contributed by atoms with E-state index >= 15 is 0 Å². The zero-order valence-corrected chi connectivity index (χ0v) is 14.3. The fraction of sp³-hybridized carbons (Fsp3) is 0.733. The summed E-state index contributed by atoms with van der Waals surface area (Å²) in [5, 5.41) is 0. The van der Waals surface area contributed by atoms with Crippen molar-refractivity contribution in [3.8, 4) is 0 Å². The van der Waals surface area contributed by atoms with Crippen LogP contribution in [0.1, 0.15) is 32.6 Å². The Morgan fingerprint density at radius 2 is 1.96 bits per heavy atom. The summed E-state index contributed by atoms with van der Waals surface area (Å²) in [4.78, 5) is 10.2. The molecule has 8 heteroatoms. The quantitative estimate of drug-likeness (QED) is 0.479. The second-order valence-corrected chi connectivity index (χ2v) is 8.28. The number of rotatable bonds is 4. The number of methoxy groups -OCH3 is 1. The Morgan fingerprint density at radius 3 is 2.26 bits per heavy atom. The molecule has 2 fully saturated rings. The van der Waals surface area contributed by atoms with Gasteiger partial charge in [0.2, 0.25) is 0 Å². The molecular formula is C15H24F3NO3S. The fourth-order valence-electron chi connectivity index (χ4n) is 3.12. The Balaban J connectivity index is 0.000000322. The summed E-state index contributed by atoms with van der Waals surface area (Å²) in [6.07, 6.45) is 4.43. The second-order valence-electron chi connectivity index (χ2n) is 6.18. The summed E-state index contributed by atoms with van der Waals surface area (Å²) in [5.74, 6) is 3.87. The molecule has 4 atom stereocenters. The van der Waals surface area contributed by atoms with Crippen LogP contribution >= 0.6 is 0 Å². The molecule has 0 spiro atoms. The molecular weight excluding hydrogens is 331 g/mol. The van der Waals surface area contributed by atoms with Crippen LogP contribution in [0.25, 0.3) is 0 Å². The maximum absolute atomic E-state index is 12.3. The summed E-state index contributed by atoms with van der Waals surface area (Å²) < 4.78 is 54.5. The normalized spacial score (nSPS) is 28.5. The number of fused-ring (bicyclic) bond motifs is 2. The summed E-state index contributed by atoms with van der Waals surface area (Å²) in [5.41, 5.74) is -4.31. The van der Waals surface area contributed by atoms with Gasteiger partial charge in [-0.2, -0.15) is 13.2 Å². The first-order valence-corrected chi connectivity index (χ1v) is 9.12. The van der Waals surface area contributed by atoms with E-state index in [9.17, 15) is 22.2 Å². The van der Waals surface area contributed by atoms with Crippen LogP contribution in [0, 0.1) is 17.8 Å². The lowest BCUT2D eigenvalue weighted by molar-refractivity contribution is -0.136. The number of halogens is 3.